The van der Waals surface area contributed by atoms with Crippen LogP contribution in [-0.2, 0) is 4.79 Å². The summed E-state index contributed by atoms with van der Waals surface area (Å²) in [5, 5.41) is 0. The van der Waals surface area contributed by atoms with E-state index in [-0.39, 0.29) is 16.7 Å². The number of piperidine rings is 1. The average molecular weight is 425 g/mol. The third-order valence-electron chi connectivity index (χ3n) is 4.98. The van der Waals surface area contributed by atoms with Gasteiger partial charge in [-0.15, -0.1) is 11.8 Å². The van der Waals surface area contributed by atoms with Crippen LogP contribution >= 0.6 is 27.7 Å². The Hall–Kier alpha value is -1.01. The molecule has 2 aliphatic heterocycles. The highest BCUT2D eigenvalue weighted by atomic mass is 79.9. The third-order valence-corrected chi connectivity index (χ3v) is 7.07. The van der Waals surface area contributed by atoms with Crippen LogP contribution < -0.4 is 0 Å². The van der Waals surface area contributed by atoms with Crippen molar-refractivity contribution in [2.75, 3.05) is 25.4 Å². The van der Waals surface area contributed by atoms with Crippen LogP contribution in [0.1, 0.15) is 43.5 Å². The summed E-state index contributed by atoms with van der Waals surface area (Å²) in [5.41, 5.74) is 0.728. The molecule has 2 aliphatic rings. The van der Waals surface area contributed by atoms with Crippen LogP contribution in [0.2, 0.25) is 0 Å². The van der Waals surface area contributed by atoms with Gasteiger partial charge in [0, 0.05) is 41.8 Å². The lowest BCUT2D eigenvalue weighted by atomic mass is 9.99. The van der Waals surface area contributed by atoms with Gasteiger partial charge in [-0.05, 0) is 43.0 Å². The summed E-state index contributed by atoms with van der Waals surface area (Å²) in [6.45, 7) is 6.46. The fraction of sp³-hybridized carbons (Fsp3) is 0.579. The Morgan fingerprint density at radius 1 is 1.16 bits per heavy atom. The number of carbonyl (C=O) groups excluding carboxylic acids is 2. The van der Waals surface area contributed by atoms with Crippen molar-refractivity contribution >= 4 is 39.5 Å². The molecule has 4 nitrogen and oxygen atoms in total. The normalized spacial score (nSPS) is 19.7. The van der Waals surface area contributed by atoms with Gasteiger partial charge >= 0.3 is 0 Å². The van der Waals surface area contributed by atoms with Gasteiger partial charge in [0.15, 0.2) is 0 Å². The highest BCUT2D eigenvalue weighted by Gasteiger charge is 2.46. The Bertz CT molecular complexity index is 639. The first-order valence-electron chi connectivity index (χ1n) is 8.90. The summed E-state index contributed by atoms with van der Waals surface area (Å²) < 4.78 is 0.975. The molecule has 2 saturated heterocycles. The Morgan fingerprint density at radius 3 is 2.40 bits per heavy atom. The van der Waals surface area contributed by atoms with E-state index in [0.29, 0.717) is 25.4 Å². The number of hydrogen-bond donors (Lipinski definition) is 0. The fourth-order valence-electron chi connectivity index (χ4n) is 3.67. The molecule has 0 atom stereocenters. The van der Waals surface area contributed by atoms with Gasteiger partial charge < -0.3 is 9.80 Å². The van der Waals surface area contributed by atoms with E-state index in [1.165, 1.54) is 0 Å². The van der Waals surface area contributed by atoms with Gasteiger partial charge in [-0.25, -0.2) is 0 Å². The lowest BCUT2D eigenvalue weighted by Gasteiger charge is -2.44. The number of carbonyl (C=O) groups is 2. The molecule has 2 fully saturated rings. The average Bonchev–Trinajstić information content (AvgIpc) is 2.98. The van der Waals surface area contributed by atoms with E-state index in [0.717, 1.165) is 35.2 Å². The minimum absolute atomic E-state index is 0.0883. The van der Waals surface area contributed by atoms with E-state index < -0.39 is 0 Å². The molecule has 1 spiro atoms. The second-order valence-corrected chi connectivity index (χ2v) is 9.61. The molecule has 136 valence electrons. The molecular weight excluding hydrogens is 400 g/mol. The van der Waals surface area contributed by atoms with Gasteiger partial charge in [0.2, 0.25) is 5.91 Å². The minimum atomic E-state index is -0.0948. The fourth-order valence-corrected chi connectivity index (χ4v) is 5.41. The van der Waals surface area contributed by atoms with Crippen LogP contribution in [0.4, 0.5) is 0 Å². The molecule has 25 heavy (non-hydrogen) atoms. The molecule has 0 bridgehead atoms. The van der Waals surface area contributed by atoms with Crippen LogP contribution in [0.15, 0.2) is 28.7 Å². The topological polar surface area (TPSA) is 40.6 Å². The zero-order valence-electron chi connectivity index (χ0n) is 14.8. The highest BCUT2D eigenvalue weighted by Crippen LogP contribution is 2.44. The van der Waals surface area contributed by atoms with Crippen molar-refractivity contribution in [1.82, 2.24) is 9.80 Å². The second-order valence-electron chi connectivity index (χ2n) is 7.24. The van der Waals surface area contributed by atoms with Crippen LogP contribution in [0.3, 0.4) is 0 Å². The number of amides is 2. The predicted octanol–water partition coefficient (Wildman–Crippen LogP) is 4.00. The molecule has 0 unspecified atom stereocenters. The molecule has 2 amide bonds. The van der Waals surface area contributed by atoms with Gasteiger partial charge in [-0.3, -0.25) is 9.59 Å². The summed E-state index contributed by atoms with van der Waals surface area (Å²) in [5.74, 6) is 1.75. The molecular formula is C19H25BrN2O2S. The van der Waals surface area contributed by atoms with Crippen LogP contribution in [0.25, 0.3) is 0 Å². The molecule has 0 aliphatic carbocycles. The number of likely N-dealkylation sites (tertiary alicyclic amines) is 1. The minimum Gasteiger partial charge on any atom is -0.338 e. The van der Waals surface area contributed by atoms with Crippen molar-refractivity contribution in [3.05, 3.63) is 34.3 Å². The van der Waals surface area contributed by atoms with Gasteiger partial charge in [0.05, 0.1) is 4.87 Å². The lowest BCUT2D eigenvalue weighted by molar-refractivity contribution is -0.135. The highest BCUT2D eigenvalue weighted by molar-refractivity contribution is 9.10. The SMILES string of the molecule is CC(C)CC(=O)N1CCSC12CCN(C(=O)c1ccc(Br)cc1)CC2. The summed E-state index contributed by atoms with van der Waals surface area (Å²) in [6.07, 6.45) is 2.34. The number of thioether (sulfide) groups is 1. The summed E-state index contributed by atoms with van der Waals surface area (Å²) >= 11 is 5.30. The number of hydrogen-bond acceptors (Lipinski definition) is 3. The molecule has 1 aromatic carbocycles. The quantitative estimate of drug-likeness (QED) is 0.735. The van der Waals surface area contributed by atoms with Crippen molar-refractivity contribution in [2.45, 2.75) is 38.0 Å². The first kappa shape index (κ1) is 18.8. The van der Waals surface area contributed by atoms with Gasteiger partial charge in [-0.2, -0.15) is 0 Å². The zero-order chi connectivity index (χ0) is 18.0. The maximum Gasteiger partial charge on any atom is 0.253 e. The van der Waals surface area contributed by atoms with Gasteiger partial charge in [0.25, 0.3) is 5.91 Å². The number of nitrogens with zero attached hydrogens (tertiary/aromatic N) is 2. The second kappa shape index (κ2) is 7.70. The van der Waals surface area contributed by atoms with Crippen molar-refractivity contribution < 1.29 is 9.59 Å². The molecule has 6 heteroatoms. The number of benzene rings is 1. The lowest BCUT2D eigenvalue weighted by Crippen LogP contribution is -2.53. The third kappa shape index (κ3) is 4.05. The standard InChI is InChI=1S/C19H25BrN2O2S/c1-14(2)13-17(23)22-11-12-25-19(22)7-9-21(10-8-19)18(24)15-3-5-16(20)6-4-15/h3-6,14H,7-13H2,1-2H3. The zero-order valence-corrected chi connectivity index (χ0v) is 17.2. The van der Waals surface area contributed by atoms with Gasteiger partial charge in [0.1, 0.15) is 0 Å². The first-order valence-corrected chi connectivity index (χ1v) is 10.7. The van der Waals surface area contributed by atoms with Crippen LogP contribution in [0.5, 0.6) is 0 Å². The molecule has 3 rings (SSSR count). The van der Waals surface area contributed by atoms with E-state index in [9.17, 15) is 9.59 Å². The van der Waals surface area contributed by atoms with Crippen molar-refractivity contribution in [2.24, 2.45) is 5.92 Å². The number of rotatable bonds is 3. The Labute approximate surface area is 162 Å². The summed E-state index contributed by atoms with van der Waals surface area (Å²) in [7, 11) is 0. The van der Waals surface area contributed by atoms with E-state index in [1.54, 1.807) is 0 Å². The Balaban J connectivity index is 1.65. The van der Waals surface area contributed by atoms with E-state index in [1.807, 2.05) is 40.9 Å². The van der Waals surface area contributed by atoms with Crippen molar-refractivity contribution in [3.8, 4) is 0 Å². The van der Waals surface area contributed by atoms with E-state index >= 15 is 0 Å². The smallest absolute Gasteiger partial charge is 0.253 e. The maximum absolute atomic E-state index is 12.7. The van der Waals surface area contributed by atoms with Crippen molar-refractivity contribution in [1.29, 1.82) is 0 Å². The Morgan fingerprint density at radius 2 is 1.80 bits per heavy atom. The molecule has 0 aromatic heterocycles. The van der Waals surface area contributed by atoms with Crippen LogP contribution in [-0.4, -0.2) is 51.9 Å². The van der Waals surface area contributed by atoms with Crippen LogP contribution in [0, 0.1) is 5.92 Å². The molecule has 0 radical (unpaired) electrons. The van der Waals surface area contributed by atoms with Crippen molar-refractivity contribution in [3.63, 3.8) is 0 Å². The maximum atomic E-state index is 12.7. The summed E-state index contributed by atoms with van der Waals surface area (Å²) in [4.78, 5) is 29.3. The van der Waals surface area contributed by atoms with Gasteiger partial charge in [-0.1, -0.05) is 29.8 Å². The Kier molecular flexibility index (Phi) is 5.78. The van der Waals surface area contributed by atoms with E-state index in [2.05, 4.69) is 34.7 Å². The predicted molar refractivity (Wildman–Crippen MR) is 106 cm³/mol. The first-order chi connectivity index (χ1) is 11.9. The molecule has 0 N–H and O–H groups in total. The molecule has 1 aromatic rings. The molecule has 0 saturated carbocycles. The largest absolute Gasteiger partial charge is 0.338 e. The summed E-state index contributed by atoms with van der Waals surface area (Å²) in [6, 6.07) is 7.52. The number of halogens is 1. The monoisotopic (exact) mass is 424 g/mol. The van der Waals surface area contributed by atoms with E-state index in [4.69, 9.17) is 0 Å². The molecule has 2 heterocycles.